The number of ether oxygens (including phenoxy) is 1. The number of fused-ring (bicyclic) bond motifs is 1. The van der Waals surface area contributed by atoms with Crippen molar-refractivity contribution in [3.63, 3.8) is 0 Å². The predicted octanol–water partition coefficient (Wildman–Crippen LogP) is 1.46. The number of hydrogen-bond donors (Lipinski definition) is 2. The SMILES string of the molecule is COc1ccc2oc(CNC(=O)C3CSC(C)(C)C(=O)N3)nc2c1. The fourth-order valence-corrected chi connectivity index (χ4v) is 3.32. The maximum Gasteiger partial charge on any atom is 0.243 e. The Morgan fingerprint density at radius 2 is 2.33 bits per heavy atom. The molecule has 0 saturated carbocycles. The number of carbonyl (C=O) groups is 2. The van der Waals surface area contributed by atoms with E-state index in [-0.39, 0.29) is 18.4 Å². The van der Waals surface area contributed by atoms with Gasteiger partial charge in [0.05, 0.1) is 18.4 Å². The van der Waals surface area contributed by atoms with Crippen molar-refractivity contribution >= 4 is 34.7 Å². The van der Waals surface area contributed by atoms with Crippen LogP contribution in [-0.4, -0.2) is 40.4 Å². The number of rotatable bonds is 4. The second-order valence-corrected chi connectivity index (χ2v) is 7.65. The first-order valence-corrected chi connectivity index (χ1v) is 8.54. The number of benzene rings is 1. The minimum absolute atomic E-state index is 0.132. The molecule has 3 rings (SSSR count). The minimum atomic E-state index is -0.542. The predicted molar refractivity (Wildman–Crippen MR) is 90.9 cm³/mol. The topological polar surface area (TPSA) is 93.5 Å². The van der Waals surface area contributed by atoms with Crippen molar-refractivity contribution in [2.24, 2.45) is 0 Å². The maximum absolute atomic E-state index is 12.2. The molecule has 1 aliphatic rings. The second-order valence-electron chi connectivity index (χ2n) is 6.01. The van der Waals surface area contributed by atoms with Gasteiger partial charge in [-0.15, -0.1) is 11.8 Å². The van der Waals surface area contributed by atoms with E-state index in [2.05, 4.69) is 15.6 Å². The van der Waals surface area contributed by atoms with Gasteiger partial charge in [-0.3, -0.25) is 9.59 Å². The van der Waals surface area contributed by atoms with Gasteiger partial charge in [0.1, 0.15) is 17.3 Å². The van der Waals surface area contributed by atoms with Crippen LogP contribution >= 0.6 is 11.8 Å². The summed E-state index contributed by atoms with van der Waals surface area (Å²) < 4.78 is 10.2. The van der Waals surface area contributed by atoms with Gasteiger partial charge in [0, 0.05) is 11.8 Å². The third-order valence-electron chi connectivity index (χ3n) is 3.83. The molecule has 128 valence electrons. The number of carbonyl (C=O) groups excluding carboxylic acids is 2. The molecule has 1 fully saturated rings. The average molecular weight is 349 g/mol. The quantitative estimate of drug-likeness (QED) is 0.868. The normalized spacial score (nSPS) is 19.8. The first kappa shape index (κ1) is 16.6. The van der Waals surface area contributed by atoms with Gasteiger partial charge in [0.2, 0.25) is 17.7 Å². The highest BCUT2D eigenvalue weighted by molar-refractivity contribution is 8.01. The summed E-state index contributed by atoms with van der Waals surface area (Å²) in [5, 5.41) is 5.50. The molecule has 0 spiro atoms. The van der Waals surface area contributed by atoms with Gasteiger partial charge in [0.25, 0.3) is 0 Å². The maximum atomic E-state index is 12.2. The smallest absolute Gasteiger partial charge is 0.243 e. The van der Waals surface area contributed by atoms with E-state index in [1.165, 1.54) is 11.8 Å². The molecule has 2 heterocycles. The zero-order valence-electron chi connectivity index (χ0n) is 13.7. The van der Waals surface area contributed by atoms with Crippen molar-refractivity contribution in [2.75, 3.05) is 12.9 Å². The van der Waals surface area contributed by atoms with Crippen LogP contribution < -0.4 is 15.4 Å². The third kappa shape index (κ3) is 3.33. The molecular weight excluding hydrogens is 330 g/mol. The van der Waals surface area contributed by atoms with Crippen LogP contribution in [0.4, 0.5) is 0 Å². The van der Waals surface area contributed by atoms with Gasteiger partial charge < -0.3 is 19.8 Å². The van der Waals surface area contributed by atoms with Crippen LogP contribution in [0, 0.1) is 0 Å². The highest BCUT2D eigenvalue weighted by Crippen LogP contribution is 2.29. The van der Waals surface area contributed by atoms with Gasteiger partial charge >= 0.3 is 0 Å². The Morgan fingerprint density at radius 3 is 3.04 bits per heavy atom. The Kier molecular flexibility index (Phi) is 4.40. The largest absolute Gasteiger partial charge is 0.497 e. The molecule has 1 unspecified atom stereocenters. The second kappa shape index (κ2) is 6.35. The molecule has 8 heteroatoms. The van der Waals surface area contributed by atoms with E-state index in [1.54, 1.807) is 25.3 Å². The lowest BCUT2D eigenvalue weighted by Crippen LogP contribution is -2.57. The van der Waals surface area contributed by atoms with Crippen LogP contribution in [0.3, 0.4) is 0 Å². The van der Waals surface area contributed by atoms with Gasteiger partial charge in [-0.05, 0) is 26.0 Å². The standard InChI is InChI=1S/C16H19N3O4S/c1-16(2)15(21)19-11(8-24-16)14(20)17-7-13-18-10-6-9(22-3)4-5-12(10)23-13/h4-6,11H,7-8H2,1-3H3,(H,17,20)(H,19,21). The lowest BCUT2D eigenvalue weighted by atomic mass is 10.1. The van der Waals surface area contributed by atoms with Crippen LogP contribution in [0.25, 0.3) is 11.1 Å². The number of amides is 2. The van der Waals surface area contributed by atoms with E-state index in [4.69, 9.17) is 9.15 Å². The molecular formula is C16H19N3O4S. The lowest BCUT2D eigenvalue weighted by Gasteiger charge is -2.32. The van der Waals surface area contributed by atoms with Crippen LogP contribution in [0.15, 0.2) is 22.6 Å². The summed E-state index contributed by atoms with van der Waals surface area (Å²) in [5.41, 5.74) is 1.30. The van der Waals surface area contributed by atoms with Crippen LogP contribution in [-0.2, 0) is 16.1 Å². The first-order chi connectivity index (χ1) is 11.4. The number of aromatic nitrogens is 1. The van der Waals surface area contributed by atoms with E-state index in [0.29, 0.717) is 28.5 Å². The summed E-state index contributed by atoms with van der Waals surface area (Å²) in [4.78, 5) is 28.5. The average Bonchev–Trinajstić information content (AvgIpc) is 2.97. The van der Waals surface area contributed by atoms with Gasteiger partial charge in [-0.25, -0.2) is 4.98 Å². The lowest BCUT2D eigenvalue weighted by molar-refractivity contribution is -0.129. The molecule has 0 bridgehead atoms. The summed E-state index contributed by atoms with van der Waals surface area (Å²) in [7, 11) is 1.58. The summed E-state index contributed by atoms with van der Waals surface area (Å²) in [5.74, 6) is 1.26. The summed E-state index contributed by atoms with van der Waals surface area (Å²) >= 11 is 1.47. The summed E-state index contributed by atoms with van der Waals surface area (Å²) in [6, 6.07) is 4.78. The van der Waals surface area contributed by atoms with Crippen LogP contribution in [0.5, 0.6) is 5.75 Å². The number of oxazole rings is 1. The van der Waals surface area contributed by atoms with Crippen molar-refractivity contribution in [3.8, 4) is 5.75 Å². The Hall–Kier alpha value is -2.22. The van der Waals surface area contributed by atoms with E-state index in [1.807, 2.05) is 13.8 Å². The molecule has 0 aliphatic carbocycles. The molecule has 24 heavy (non-hydrogen) atoms. The number of hydrogen-bond acceptors (Lipinski definition) is 6. The zero-order chi connectivity index (χ0) is 17.3. The molecule has 2 N–H and O–H groups in total. The van der Waals surface area contributed by atoms with Gasteiger partial charge in [-0.1, -0.05) is 0 Å². The molecule has 2 aromatic rings. The number of thioether (sulfide) groups is 1. The van der Waals surface area contributed by atoms with Crippen molar-refractivity contribution in [1.29, 1.82) is 0 Å². The number of methoxy groups -OCH3 is 1. The van der Waals surface area contributed by atoms with Crippen molar-refractivity contribution < 1.29 is 18.7 Å². The fourth-order valence-electron chi connectivity index (χ4n) is 2.32. The minimum Gasteiger partial charge on any atom is -0.497 e. The first-order valence-electron chi connectivity index (χ1n) is 7.55. The van der Waals surface area contributed by atoms with Crippen molar-refractivity contribution in [3.05, 3.63) is 24.1 Å². The monoisotopic (exact) mass is 349 g/mol. The third-order valence-corrected chi connectivity index (χ3v) is 5.24. The van der Waals surface area contributed by atoms with Gasteiger partial charge in [-0.2, -0.15) is 0 Å². The molecule has 1 aromatic heterocycles. The van der Waals surface area contributed by atoms with Gasteiger partial charge in [0.15, 0.2) is 5.58 Å². The molecule has 0 radical (unpaired) electrons. The molecule has 1 atom stereocenters. The summed E-state index contributed by atoms with van der Waals surface area (Å²) in [6.45, 7) is 3.84. The molecule has 1 aromatic carbocycles. The molecule has 1 saturated heterocycles. The summed E-state index contributed by atoms with van der Waals surface area (Å²) in [6.07, 6.45) is 0. The van der Waals surface area contributed by atoms with Crippen molar-refractivity contribution in [2.45, 2.75) is 31.2 Å². The number of nitrogens with one attached hydrogen (secondary N) is 2. The highest BCUT2D eigenvalue weighted by Gasteiger charge is 2.37. The highest BCUT2D eigenvalue weighted by atomic mass is 32.2. The Bertz CT molecular complexity index is 787. The van der Waals surface area contributed by atoms with Crippen molar-refractivity contribution in [1.82, 2.24) is 15.6 Å². The van der Waals surface area contributed by atoms with Crippen LogP contribution in [0.1, 0.15) is 19.7 Å². The Labute approximate surface area is 143 Å². The van der Waals surface area contributed by atoms with E-state index in [9.17, 15) is 9.59 Å². The Balaban J connectivity index is 1.61. The van der Waals surface area contributed by atoms with E-state index < -0.39 is 10.8 Å². The Morgan fingerprint density at radius 1 is 1.54 bits per heavy atom. The van der Waals surface area contributed by atoms with Crippen LogP contribution in [0.2, 0.25) is 0 Å². The molecule has 2 amide bonds. The fraction of sp³-hybridized carbons (Fsp3) is 0.438. The molecule has 1 aliphatic heterocycles. The molecule has 7 nitrogen and oxygen atoms in total. The number of nitrogens with zero attached hydrogens (tertiary/aromatic N) is 1. The van der Waals surface area contributed by atoms with E-state index in [0.717, 1.165) is 0 Å². The zero-order valence-corrected chi connectivity index (χ0v) is 14.5. The van der Waals surface area contributed by atoms with E-state index >= 15 is 0 Å².